The van der Waals surface area contributed by atoms with E-state index in [0.717, 1.165) is 22.4 Å². The molecule has 130 valence electrons. The Labute approximate surface area is 154 Å². The normalized spacial score (nSPS) is 11.0. The van der Waals surface area contributed by atoms with E-state index in [9.17, 15) is 4.79 Å². The number of nitrogens with one attached hydrogen (secondary N) is 1. The Kier molecular flexibility index (Phi) is 5.84. The molecule has 0 unspecified atom stereocenters. The highest BCUT2D eigenvalue weighted by molar-refractivity contribution is 6.24. The second-order valence-electron chi connectivity index (χ2n) is 5.83. The van der Waals surface area contributed by atoms with Crippen molar-refractivity contribution < 1.29 is 9.53 Å². The molecule has 0 heterocycles. The average molecular weight is 343 g/mol. The fourth-order valence-electron chi connectivity index (χ4n) is 2.73. The van der Waals surface area contributed by atoms with Gasteiger partial charge < -0.3 is 10.1 Å². The molecule has 3 rings (SSSR count). The van der Waals surface area contributed by atoms with Gasteiger partial charge in [0.05, 0.1) is 7.11 Å². The highest BCUT2D eigenvalue weighted by Crippen LogP contribution is 2.20. The minimum Gasteiger partial charge on any atom is -0.496 e. The first kappa shape index (κ1) is 17.5. The Morgan fingerprint density at radius 3 is 2.19 bits per heavy atom. The minimum absolute atomic E-state index is 0.119. The van der Waals surface area contributed by atoms with Crippen LogP contribution in [0, 0.1) is 0 Å². The van der Waals surface area contributed by atoms with Gasteiger partial charge in [-0.1, -0.05) is 78.9 Å². The molecule has 0 aliphatic carbocycles. The molecule has 0 saturated heterocycles. The Hall–Kier alpha value is -3.33. The van der Waals surface area contributed by atoms with Crippen molar-refractivity contribution in [2.75, 3.05) is 7.11 Å². The topological polar surface area (TPSA) is 38.3 Å². The number of methoxy groups -OCH3 is 1. The zero-order valence-electron chi connectivity index (χ0n) is 14.7. The molecule has 0 spiro atoms. The van der Waals surface area contributed by atoms with Crippen molar-refractivity contribution in [3.63, 3.8) is 0 Å². The van der Waals surface area contributed by atoms with Crippen LogP contribution in [0.1, 0.15) is 16.7 Å². The average Bonchev–Trinajstić information content (AvgIpc) is 2.72. The highest BCUT2D eigenvalue weighted by Gasteiger charge is 2.12. The summed E-state index contributed by atoms with van der Waals surface area (Å²) >= 11 is 0. The van der Waals surface area contributed by atoms with Crippen molar-refractivity contribution in [2.45, 2.75) is 6.54 Å². The Balaban J connectivity index is 1.85. The lowest BCUT2D eigenvalue weighted by Gasteiger charge is -2.12. The maximum absolute atomic E-state index is 12.9. The fourth-order valence-corrected chi connectivity index (χ4v) is 2.73. The summed E-state index contributed by atoms with van der Waals surface area (Å²) in [6.07, 6.45) is 1.91. The summed E-state index contributed by atoms with van der Waals surface area (Å²) in [6.45, 7) is 0.405. The number of amides is 1. The van der Waals surface area contributed by atoms with Crippen molar-refractivity contribution in [3.05, 3.63) is 102 Å². The smallest absolute Gasteiger partial charge is 0.252 e. The molecule has 1 amide bonds. The molecule has 0 radical (unpaired) electrons. The molecule has 0 bridgehead atoms. The summed E-state index contributed by atoms with van der Waals surface area (Å²) < 4.78 is 5.35. The summed E-state index contributed by atoms with van der Waals surface area (Å²) in [5.74, 6) is 0.645. The second-order valence-corrected chi connectivity index (χ2v) is 5.83. The third-order valence-corrected chi connectivity index (χ3v) is 4.07. The van der Waals surface area contributed by atoms with Gasteiger partial charge >= 0.3 is 0 Å². The molecule has 0 fully saturated rings. The summed E-state index contributed by atoms with van der Waals surface area (Å²) in [5.41, 5.74) is 3.44. The lowest BCUT2D eigenvalue weighted by molar-refractivity contribution is -0.115. The van der Waals surface area contributed by atoms with Gasteiger partial charge in [-0.3, -0.25) is 4.79 Å². The number of para-hydroxylation sites is 1. The summed E-state index contributed by atoms with van der Waals surface area (Å²) in [5, 5.41) is 3.01. The first-order chi connectivity index (χ1) is 12.8. The molecule has 0 aromatic heterocycles. The number of ether oxygens (including phenoxy) is 1. The van der Waals surface area contributed by atoms with Crippen molar-refractivity contribution in [3.8, 4) is 5.75 Å². The molecule has 0 atom stereocenters. The van der Waals surface area contributed by atoms with Gasteiger partial charge in [0, 0.05) is 17.7 Å². The van der Waals surface area contributed by atoms with E-state index >= 15 is 0 Å². The summed E-state index contributed by atoms with van der Waals surface area (Å²) in [4.78, 5) is 12.9. The van der Waals surface area contributed by atoms with Gasteiger partial charge in [0.1, 0.15) is 5.75 Å². The number of hydrogen-bond donors (Lipinski definition) is 1. The van der Waals surface area contributed by atoms with E-state index in [4.69, 9.17) is 4.74 Å². The number of carbonyl (C=O) groups excluding carboxylic acids is 1. The number of rotatable bonds is 6. The van der Waals surface area contributed by atoms with E-state index in [1.165, 1.54) is 0 Å². The molecule has 1 N–H and O–H groups in total. The maximum Gasteiger partial charge on any atom is 0.252 e. The van der Waals surface area contributed by atoms with E-state index in [2.05, 4.69) is 5.32 Å². The van der Waals surface area contributed by atoms with Crippen LogP contribution in [0.5, 0.6) is 5.75 Å². The maximum atomic E-state index is 12.9. The minimum atomic E-state index is -0.119. The predicted molar refractivity (Wildman–Crippen MR) is 106 cm³/mol. The van der Waals surface area contributed by atoms with Crippen LogP contribution in [-0.2, 0) is 11.3 Å². The fraction of sp³-hybridized carbons (Fsp3) is 0.0870. The number of benzene rings is 3. The van der Waals surface area contributed by atoms with E-state index in [1.807, 2.05) is 91.0 Å². The third-order valence-electron chi connectivity index (χ3n) is 4.07. The van der Waals surface area contributed by atoms with Crippen LogP contribution in [0.15, 0.2) is 84.9 Å². The van der Waals surface area contributed by atoms with Gasteiger partial charge in [-0.05, 0) is 23.3 Å². The lowest BCUT2D eigenvalue weighted by atomic mass is 10.0. The number of hydrogen-bond acceptors (Lipinski definition) is 2. The van der Waals surface area contributed by atoms with E-state index in [1.54, 1.807) is 7.11 Å². The van der Waals surface area contributed by atoms with Gasteiger partial charge in [0.2, 0.25) is 0 Å². The van der Waals surface area contributed by atoms with Gasteiger partial charge in [-0.15, -0.1) is 0 Å². The van der Waals surface area contributed by atoms with Gasteiger partial charge in [-0.2, -0.15) is 0 Å². The van der Waals surface area contributed by atoms with E-state index in [0.29, 0.717) is 12.1 Å². The molecule has 0 aliphatic rings. The zero-order valence-corrected chi connectivity index (χ0v) is 14.7. The van der Waals surface area contributed by atoms with Crippen LogP contribution in [0.2, 0.25) is 0 Å². The SMILES string of the molecule is COc1ccccc1CNC(=O)/C(=C/c1ccccc1)c1ccccc1. The standard InChI is InChI=1S/C23H21NO2/c1-26-22-15-9-8-14-20(22)17-24-23(25)21(19-12-6-3-7-13-19)16-18-10-4-2-5-11-18/h2-16H,17H2,1H3,(H,24,25)/b21-16+. The third kappa shape index (κ3) is 4.39. The summed E-state index contributed by atoms with van der Waals surface area (Å²) in [7, 11) is 1.63. The quantitative estimate of drug-likeness (QED) is 0.527. The monoisotopic (exact) mass is 343 g/mol. The first-order valence-electron chi connectivity index (χ1n) is 8.50. The predicted octanol–water partition coefficient (Wildman–Crippen LogP) is 4.55. The molecular weight excluding hydrogens is 322 g/mol. The van der Waals surface area contributed by atoms with Crippen LogP contribution < -0.4 is 10.1 Å². The van der Waals surface area contributed by atoms with Crippen LogP contribution in [0.4, 0.5) is 0 Å². The van der Waals surface area contributed by atoms with Crippen LogP contribution in [0.25, 0.3) is 11.6 Å². The Morgan fingerprint density at radius 1 is 0.885 bits per heavy atom. The van der Waals surface area contributed by atoms with Crippen molar-refractivity contribution in [1.82, 2.24) is 5.32 Å². The van der Waals surface area contributed by atoms with Crippen molar-refractivity contribution >= 4 is 17.6 Å². The molecule has 3 aromatic carbocycles. The second kappa shape index (κ2) is 8.67. The van der Waals surface area contributed by atoms with Crippen molar-refractivity contribution in [1.29, 1.82) is 0 Å². The Morgan fingerprint density at radius 2 is 1.50 bits per heavy atom. The van der Waals surface area contributed by atoms with E-state index in [-0.39, 0.29) is 5.91 Å². The summed E-state index contributed by atoms with van der Waals surface area (Å²) in [6, 6.07) is 27.2. The first-order valence-corrected chi connectivity index (χ1v) is 8.50. The van der Waals surface area contributed by atoms with Gasteiger partial charge in [-0.25, -0.2) is 0 Å². The largest absolute Gasteiger partial charge is 0.496 e. The van der Waals surface area contributed by atoms with Crippen LogP contribution >= 0.6 is 0 Å². The molecular formula is C23H21NO2. The molecule has 26 heavy (non-hydrogen) atoms. The van der Waals surface area contributed by atoms with Gasteiger partial charge in [0.25, 0.3) is 5.91 Å². The zero-order chi connectivity index (χ0) is 18.2. The van der Waals surface area contributed by atoms with Crippen LogP contribution in [-0.4, -0.2) is 13.0 Å². The molecule has 3 aromatic rings. The molecule has 3 nitrogen and oxygen atoms in total. The molecule has 0 aliphatic heterocycles. The lowest BCUT2D eigenvalue weighted by Crippen LogP contribution is -2.24. The van der Waals surface area contributed by atoms with Gasteiger partial charge in [0.15, 0.2) is 0 Å². The van der Waals surface area contributed by atoms with Crippen molar-refractivity contribution in [2.24, 2.45) is 0 Å². The van der Waals surface area contributed by atoms with E-state index < -0.39 is 0 Å². The highest BCUT2D eigenvalue weighted by atomic mass is 16.5. The van der Waals surface area contributed by atoms with Crippen LogP contribution in [0.3, 0.4) is 0 Å². The molecule has 0 saturated carbocycles. The number of carbonyl (C=O) groups is 1. The Bertz CT molecular complexity index is 886. The molecule has 3 heteroatoms.